The molecule has 0 N–H and O–H groups in total. The molecular weight excluding hydrogens is 461 g/mol. The first-order valence-corrected chi connectivity index (χ1v) is 11.6. The summed E-state index contributed by atoms with van der Waals surface area (Å²) in [6, 6.07) is 19.2. The third-order valence-corrected chi connectivity index (χ3v) is 6.80. The quantitative estimate of drug-likeness (QED) is 0.396. The minimum Gasteiger partial charge on any atom is -0.405 e. The molecule has 0 aromatic heterocycles. The fourth-order valence-electron chi connectivity index (χ4n) is 4.27. The van der Waals surface area contributed by atoms with Gasteiger partial charge in [-0.1, -0.05) is 59.7 Å². The zero-order valence-electron chi connectivity index (χ0n) is 19.1. The second kappa shape index (κ2) is 9.72. The normalized spacial score (nSPS) is 16.8. The van der Waals surface area contributed by atoms with Crippen molar-refractivity contribution in [2.75, 3.05) is 11.9 Å². The number of hydrogen-bond donors (Lipinski definition) is 0. The van der Waals surface area contributed by atoms with E-state index in [-0.39, 0.29) is 11.7 Å². The molecule has 1 heterocycles. The monoisotopic (exact) mass is 486 g/mol. The summed E-state index contributed by atoms with van der Waals surface area (Å²) in [6.45, 7) is 4.39. The van der Waals surface area contributed by atoms with Crippen molar-refractivity contribution in [1.82, 2.24) is 4.31 Å². The van der Waals surface area contributed by atoms with Crippen molar-refractivity contribution < 1.29 is 22.7 Å². The summed E-state index contributed by atoms with van der Waals surface area (Å²) in [7, 11) is 1.74. The summed E-state index contributed by atoms with van der Waals surface area (Å²) in [6.07, 6.45) is -4.38. The number of fused-ring (bicyclic) bond motifs is 1. The molecule has 0 saturated carbocycles. The first-order valence-electron chi connectivity index (χ1n) is 10.8. The highest BCUT2D eigenvalue weighted by Gasteiger charge is 2.36. The van der Waals surface area contributed by atoms with Crippen LogP contribution in [0.4, 0.5) is 18.9 Å². The van der Waals surface area contributed by atoms with Crippen molar-refractivity contribution in [2.45, 2.75) is 44.1 Å². The van der Waals surface area contributed by atoms with Crippen LogP contribution < -0.4 is 9.64 Å². The van der Waals surface area contributed by atoms with Crippen molar-refractivity contribution in [3.63, 3.8) is 0 Å². The predicted octanol–water partition coefficient (Wildman–Crippen LogP) is 6.30. The van der Waals surface area contributed by atoms with Crippen molar-refractivity contribution in [3.8, 4) is 5.75 Å². The summed E-state index contributed by atoms with van der Waals surface area (Å²) in [4.78, 5) is 15.6. The number of carbonyl (C=O) groups excluding carboxylic acids is 1. The highest BCUT2D eigenvalue weighted by atomic mass is 32.2. The average molecular weight is 487 g/mol. The molecule has 0 bridgehead atoms. The van der Waals surface area contributed by atoms with E-state index in [1.54, 1.807) is 24.1 Å². The molecule has 4 rings (SSSR count). The Bertz CT molecular complexity index is 1180. The van der Waals surface area contributed by atoms with E-state index in [4.69, 9.17) is 0 Å². The van der Waals surface area contributed by atoms with Gasteiger partial charge in [-0.3, -0.25) is 4.79 Å². The molecule has 0 spiro atoms. The van der Waals surface area contributed by atoms with Crippen LogP contribution in [0.25, 0.3) is 0 Å². The Hall–Kier alpha value is -2.97. The number of halogens is 3. The van der Waals surface area contributed by atoms with Gasteiger partial charge in [0.25, 0.3) is 0 Å². The number of nitrogens with zero attached hydrogens (tertiary/aromatic N) is 2. The van der Waals surface area contributed by atoms with Gasteiger partial charge in [-0.25, -0.2) is 4.31 Å². The Morgan fingerprint density at radius 2 is 1.65 bits per heavy atom. The standard InChI is InChI=1S/C26H25F3N2O2S/c1-17-12-18(2)14-19(13-17)15-22-25(32)30(3)21-9-5-4-8-20(21)16-31(22)34-24-11-7-6-10-23(24)33-26(27,28)29/h4-14,22H,15-16H2,1-3H3. The maximum atomic E-state index is 13.7. The number of ether oxygens (including phenoxy) is 1. The van der Waals surface area contributed by atoms with Gasteiger partial charge in [-0.05, 0) is 61.5 Å². The van der Waals surface area contributed by atoms with E-state index in [0.717, 1.165) is 39.9 Å². The van der Waals surface area contributed by atoms with Gasteiger partial charge in [0.15, 0.2) is 0 Å². The van der Waals surface area contributed by atoms with Crippen LogP contribution in [0, 0.1) is 13.8 Å². The molecule has 1 aliphatic rings. The molecule has 0 fully saturated rings. The van der Waals surface area contributed by atoms with Crippen LogP contribution in [0.15, 0.2) is 71.6 Å². The van der Waals surface area contributed by atoms with Crippen LogP contribution in [0.1, 0.15) is 22.3 Å². The van der Waals surface area contributed by atoms with Crippen LogP contribution in [0.5, 0.6) is 5.75 Å². The number of rotatable bonds is 5. The Kier molecular flexibility index (Phi) is 6.91. The largest absolute Gasteiger partial charge is 0.573 e. The molecule has 4 nitrogen and oxygen atoms in total. The number of aryl methyl sites for hydroxylation is 2. The third-order valence-electron chi connectivity index (χ3n) is 5.64. The average Bonchev–Trinajstić information content (AvgIpc) is 2.84. The van der Waals surface area contributed by atoms with Crippen LogP contribution >= 0.6 is 11.9 Å². The number of carbonyl (C=O) groups is 1. The number of anilines is 1. The molecule has 1 amide bonds. The zero-order valence-corrected chi connectivity index (χ0v) is 19.9. The molecule has 34 heavy (non-hydrogen) atoms. The SMILES string of the molecule is Cc1cc(C)cc(CC2C(=O)N(C)c3ccccc3CN2Sc2ccccc2OC(F)(F)F)c1. The summed E-state index contributed by atoms with van der Waals surface area (Å²) in [5.74, 6) is -0.408. The van der Waals surface area contributed by atoms with E-state index in [2.05, 4.69) is 10.8 Å². The molecule has 1 aliphatic heterocycles. The van der Waals surface area contributed by atoms with E-state index >= 15 is 0 Å². The van der Waals surface area contributed by atoms with Crippen molar-refractivity contribution in [1.29, 1.82) is 0 Å². The Morgan fingerprint density at radius 1 is 1.00 bits per heavy atom. The Morgan fingerprint density at radius 3 is 2.35 bits per heavy atom. The fraction of sp³-hybridized carbons (Fsp3) is 0.269. The Balaban J connectivity index is 1.74. The van der Waals surface area contributed by atoms with Crippen LogP contribution in [0.2, 0.25) is 0 Å². The summed E-state index contributed by atoms with van der Waals surface area (Å²) < 4.78 is 45.2. The number of alkyl halides is 3. The first kappa shape index (κ1) is 24.2. The molecule has 8 heteroatoms. The van der Waals surface area contributed by atoms with E-state index in [1.807, 2.05) is 54.6 Å². The summed E-state index contributed by atoms with van der Waals surface area (Å²) >= 11 is 1.11. The lowest BCUT2D eigenvalue weighted by molar-refractivity contribution is -0.275. The minimum atomic E-state index is -4.81. The van der Waals surface area contributed by atoms with Crippen LogP contribution in [0.3, 0.4) is 0 Å². The van der Waals surface area contributed by atoms with Gasteiger partial charge in [0.1, 0.15) is 11.8 Å². The molecule has 0 saturated heterocycles. The van der Waals surface area contributed by atoms with Gasteiger partial charge < -0.3 is 9.64 Å². The topological polar surface area (TPSA) is 32.8 Å². The molecule has 178 valence electrons. The lowest BCUT2D eigenvalue weighted by Crippen LogP contribution is -2.43. The molecule has 0 radical (unpaired) electrons. The van der Waals surface area contributed by atoms with Gasteiger partial charge in [0, 0.05) is 19.3 Å². The maximum absolute atomic E-state index is 13.7. The number of hydrogen-bond acceptors (Lipinski definition) is 4. The molecular formula is C26H25F3N2O2S. The molecule has 1 unspecified atom stereocenters. The molecule has 0 aliphatic carbocycles. The minimum absolute atomic E-state index is 0.120. The van der Waals surface area contributed by atoms with E-state index in [1.165, 1.54) is 12.1 Å². The van der Waals surface area contributed by atoms with Gasteiger partial charge in [0.2, 0.25) is 5.91 Å². The van der Waals surface area contributed by atoms with Gasteiger partial charge in [-0.2, -0.15) is 0 Å². The van der Waals surface area contributed by atoms with Gasteiger partial charge in [-0.15, -0.1) is 13.2 Å². The molecule has 3 aromatic carbocycles. The number of likely N-dealkylation sites (N-methyl/N-ethyl adjacent to an activating group) is 1. The summed E-state index contributed by atoms with van der Waals surface area (Å²) in [5.41, 5.74) is 4.90. The molecule has 1 atom stereocenters. The van der Waals surface area contributed by atoms with E-state index in [0.29, 0.717) is 17.9 Å². The van der Waals surface area contributed by atoms with Gasteiger partial charge >= 0.3 is 6.36 Å². The predicted molar refractivity (Wildman–Crippen MR) is 128 cm³/mol. The van der Waals surface area contributed by atoms with Crippen LogP contribution in [-0.4, -0.2) is 29.7 Å². The van der Waals surface area contributed by atoms with Gasteiger partial charge in [0.05, 0.1) is 4.90 Å². The van der Waals surface area contributed by atoms with Crippen molar-refractivity contribution in [3.05, 3.63) is 89.0 Å². The molecule has 3 aromatic rings. The Labute approximate surface area is 201 Å². The third kappa shape index (κ3) is 5.56. The smallest absolute Gasteiger partial charge is 0.405 e. The zero-order chi connectivity index (χ0) is 24.5. The second-order valence-electron chi connectivity index (χ2n) is 8.40. The number of benzene rings is 3. The van der Waals surface area contributed by atoms with E-state index < -0.39 is 12.4 Å². The number of amides is 1. The summed E-state index contributed by atoms with van der Waals surface area (Å²) in [5, 5.41) is 0. The lowest BCUT2D eigenvalue weighted by atomic mass is 10.0. The second-order valence-corrected chi connectivity index (χ2v) is 9.49. The van der Waals surface area contributed by atoms with Crippen LogP contribution in [-0.2, 0) is 17.8 Å². The number of para-hydroxylation sites is 2. The maximum Gasteiger partial charge on any atom is 0.573 e. The fourth-order valence-corrected chi connectivity index (χ4v) is 5.36. The highest BCUT2D eigenvalue weighted by molar-refractivity contribution is 7.97. The van der Waals surface area contributed by atoms with Crippen molar-refractivity contribution >= 4 is 23.5 Å². The van der Waals surface area contributed by atoms with E-state index in [9.17, 15) is 18.0 Å². The first-order chi connectivity index (χ1) is 16.1. The lowest BCUT2D eigenvalue weighted by Gasteiger charge is -2.29. The van der Waals surface area contributed by atoms with Crippen molar-refractivity contribution in [2.24, 2.45) is 0 Å². The highest BCUT2D eigenvalue weighted by Crippen LogP contribution is 2.39.